The Hall–Kier alpha value is -1.13. The minimum absolute atomic E-state index is 0.181. The Bertz CT molecular complexity index is 371. The molecule has 0 heterocycles. The van der Waals surface area contributed by atoms with Crippen LogP contribution >= 0.6 is 0 Å². The minimum atomic E-state index is -0.181. The van der Waals surface area contributed by atoms with Crippen LogP contribution in [0.3, 0.4) is 0 Å². The maximum absolute atomic E-state index is 13.4. The summed E-state index contributed by atoms with van der Waals surface area (Å²) in [6, 6.07) is 5.00. The molecule has 19 heavy (non-hydrogen) atoms. The monoisotopic (exact) mass is 268 g/mol. The lowest BCUT2D eigenvalue weighted by Gasteiger charge is -2.25. The number of halogens is 1. The van der Waals surface area contributed by atoms with Gasteiger partial charge in [-0.2, -0.15) is 0 Å². The Morgan fingerprint density at radius 2 is 2.11 bits per heavy atom. The van der Waals surface area contributed by atoms with E-state index in [1.165, 1.54) is 6.07 Å². The van der Waals surface area contributed by atoms with E-state index in [1.807, 2.05) is 6.07 Å². The van der Waals surface area contributed by atoms with Gasteiger partial charge in [-0.25, -0.2) is 4.39 Å². The Balaban J connectivity index is 2.83. The van der Waals surface area contributed by atoms with E-state index in [1.54, 1.807) is 13.2 Å². The van der Waals surface area contributed by atoms with E-state index in [2.05, 4.69) is 24.1 Å². The molecule has 1 aromatic rings. The van der Waals surface area contributed by atoms with Crippen molar-refractivity contribution in [3.63, 3.8) is 0 Å². The number of rotatable bonds is 9. The van der Waals surface area contributed by atoms with Crippen LogP contribution in [0.5, 0.6) is 0 Å². The number of methoxy groups -OCH3 is 1. The van der Waals surface area contributed by atoms with Crippen molar-refractivity contribution < 1.29 is 9.13 Å². The molecule has 0 aliphatic carbocycles. The zero-order chi connectivity index (χ0) is 14.1. The molecule has 0 atom stereocenters. The first-order valence-corrected chi connectivity index (χ1v) is 6.95. The van der Waals surface area contributed by atoms with E-state index in [-0.39, 0.29) is 5.82 Å². The normalized spacial score (nSPS) is 10.7. The molecule has 0 unspecified atom stereocenters. The van der Waals surface area contributed by atoms with E-state index in [4.69, 9.17) is 4.74 Å². The first-order chi connectivity index (χ1) is 9.22. The first kappa shape index (κ1) is 15.9. The average Bonchev–Trinajstić information content (AvgIpc) is 2.41. The number of benzene rings is 1. The molecule has 0 aliphatic heterocycles. The number of ether oxygens (including phenoxy) is 1. The van der Waals surface area contributed by atoms with Gasteiger partial charge in [-0.15, -0.1) is 0 Å². The molecular weight excluding hydrogens is 243 g/mol. The van der Waals surface area contributed by atoms with Crippen LogP contribution in [0.15, 0.2) is 18.2 Å². The van der Waals surface area contributed by atoms with Gasteiger partial charge in [0, 0.05) is 32.4 Å². The summed E-state index contributed by atoms with van der Waals surface area (Å²) in [5.41, 5.74) is 2.09. The highest BCUT2D eigenvalue weighted by molar-refractivity contribution is 5.53. The molecule has 0 aliphatic rings. The molecule has 4 heteroatoms. The molecule has 0 bridgehead atoms. The summed E-state index contributed by atoms with van der Waals surface area (Å²) in [6.45, 7) is 8.24. The van der Waals surface area contributed by atoms with Crippen LogP contribution in [0.2, 0.25) is 0 Å². The summed E-state index contributed by atoms with van der Waals surface area (Å²) in [7, 11) is 1.70. The number of anilines is 1. The van der Waals surface area contributed by atoms with Gasteiger partial charge >= 0.3 is 0 Å². The van der Waals surface area contributed by atoms with Crippen molar-refractivity contribution >= 4 is 5.69 Å². The predicted molar refractivity (Wildman–Crippen MR) is 78.2 cm³/mol. The van der Waals surface area contributed by atoms with E-state index in [0.717, 1.165) is 37.3 Å². The quantitative estimate of drug-likeness (QED) is 0.697. The van der Waals surface area contributed by atoms with Gasteiger partial charge in [-0.1, -0.05) is 6.92 Å². The second kappa shape index (κ2) is 8.88. The van der Waals surface area contributed by atoms with Gasteiger partial charge in [-0.3, -0.25) is 0 Å². The van der Waals surface area contributed by atoms with Gasteiger partial charge in [0.25, 0.3) is 0 Å². The molecule has 3 nitrogen and oxygen atoms in total. The predicted octanol–water partition coefficient (Wildman–Crippen LogP) is 2.80. The third-order valence-electron chi connectivity index (χ3n) is 3.07. The van der Waals surface area contributed by atoms with Crippen molar-refractivity contribution in [2.45, 2.75) is 26.8 Å². The number of nitrogens with one attached hydrogen (secondary N) is 1. The van der Waals surface area contributed by atoms with Crippen molar-refractivity contribution in [3.05, 3.63) is 29.6 Å². The van der Waals surface area contributed by atoms with Gasteiger partial charge < -0.3 is 15.0 Å². The maximum Gasteiger partial charge on any atom is 0.123 e. The minimum Gasteiger partial charge on any atom is -0.383 e. The highest BCUT2D eigenvalue weighted by atomic mass is 19.1. The lowest BCUT2D eigenvalue weighted by molar-refractivity contribution is 0.205. The number of hydrogen-bond acceptors (Lipinski definition) is 3. The fraction of sp³-hybridized carbons (Fsp3) is 0.600. The van der Waals surface area contributed by atoms with E-state index in [0.29, 0.717) is 13.2 Å². The van der Waals surface area contributed by atoms with Gasteiger partial charge in [0.05, 0.1) is 6.61 Å². The maximum atomic E-state index is 13.4. The second-order valence-electron chi connectivity index (χ2n) is 4.52. The Labute approximate surface area is 115 Å². The summed E-state index contributed by atoms with van der Waals surface area (Å²) in [4.78, 5) is 2.21. The molecule has 108 valence electrons. The Morgan fingerprint density at radius 1 is 1.32 bits per heavy atom. The number of likely N-dealkylation sites (N-methyl/N-ethyl adjacent to an activating group) is 1. The fourth-order valence-electron chi connectivity index (χ4n) is 2.05. The van der Waals surface area contributed by atoms with Crippen LogP contribution in [0, 0.1) is 5.82 Å². The van der Waals surface area contributed by atoms with Gasteiger partial charge in [0.15, 0.2) is 0 Å². The zero-order valence-electron chi connectivity index (χ0n) is 12.2. The highest BCUT2D eigenvalue weighted by Gasteiger charge is 2.10. The lowest BCUT2D eigenvalue weighted by Crippen LogP contribution is -2.28. The van der Waals surface area contributed by atoms with Crippen molar-refractivity contribution in [1.82, 2.24) is 5.32 Å². The average molecular weight is 268 g/mol. The largest absolute Gasteiger partial charge is 0.383 e. The van der Waals surface area contributed by atoms with Crippen molar-refractivity contribution in [1.29, 1.82) is 0 Å². The molecule has 1 rings (SSSR count). The van der Waals surface area contributed by atoms with Crippen molar-refractivity contribution in [2.75, 3.05) is 38.3 Å². The van der Waals surface area contributed by atoms with E-state index in [9.17, 15) is 4.39 Å². The Kier molecular flexibility index (Phi) is 7.45. The van der Waals surface area contributed by atoms with E-state index < -0.39 is 0 Å². The highest BCUT2D eigenvalue weighted by Crippen LogP contribution is 2.21. The van der Waals surface area contributed by atoms with Crippen LogP contribution in [0.4, 0.5) is 10.1 Å². The number of nitrogens with zero attached hydrogens (tertiary/aromatic N) is 1. The standard InChI is InChI=1S/C15H25FN2O/c1-4-8-17-12-13-11-14(16)6-7-15(13)18(5-2)9-10-19-3/h6-7,11,17H,4-5,8-10,12H2,1-3H3. The summed E-state index contributed by atoms with van der Waals surface area (Å²) >= 11 is 0. The third-order valence-corrected chi connectivity index (χ3v) is 3.07. The third kappa shape index (κ3) is 5.17. The molecule has 0 aromatic heterocycles. The summed E-state index contributed by atoms with van der Waals surface area (Å²) in [5.74, 6) is -0.181. The Morgan fingerprint density at radius 3 is 2.74 bits per heavy atom. The van der Waals surface area contributed by atoms with Crippen LogP contribution in [0.1, 0.15) is 25.8 Å². The summed E-state index contributed by atoms with van der Waals surface area (Å²) < 4.78 is 18.5. The summed E-state index contributed by atoms with van der Waals surface area (Å²) in [6.07, 6.45) is 1.08. The smallest absolute Gasteiger partial charge is 0.123 e. The molecular formula is C15H25FN2O. The van der Waals surface area contributed by atoms with E-state index >= 15 is 0 Å². The second-order valence-corrected chi connectivity index (χ2v) is 4.52. The van der Waals surface area contributed by atoms with Gasteiger partial charge in [0.2, 0.25) is 0 Å². The molecule has 0 spiro atoms. The van der Waals surface area contributed by atoms with Crippen molar-refractivity contribution in [3.8, 4) is 0 Å². The SMILES string of the molecule is CCCNCc1cc(F)ccc1N(CC)CCOC. The van der Waals surface area contributed by atoms with Crippen LogP contribution < -0.4 is 10.2 Å². The molecule has 0 fully saturated rings. The summed E-state index contributed by atoms with van der Waals surface area (Å²) in [5, 5.41) is 3.33. The molecule has 0 radical (unpaired) electrons. The fourth-order valence-corrected chi connectivity index (χ4v) is 2.05. The lowest BCUT2D eigenvalue weighted by atomic mass is 10.1. The molecule has 0 saturated heterocycles. The van der Waals surface area contributed by atoms with Gasteiger partial charge in [-0.05, 0) is 43.7 Å². The zero-order valence-corrected chi connectivity index (χ0v) is 12.2. The van der Waals surface area contributed by atoms with Crippen LogP contribution in [-0.4, -0.2) is 33.4 Å². The molecule has 0 amide bonds. The molecule has 0 saturated carbocycles. The van der Waals surface area contributed by atoms with Gasteiger partial charge in [0.1, 0.15) is 5.82 Å². The first-order valence-electron chi connectivity index (χ1n) is 6.95. The molecule has 1 aromatic carbocycles. The topological polar surface area (TPSA) is 24.5 Å². The molecule has 1 N–H and O–H groups in total. The van der Waals surface area contributed by atoms with Crippen LogP contribution in [0.25, 0.3) is 0 Å². The number of hydrogen-bond donors (Lipinski definition) is 1. The van der Waals surface area contributed by atoms with Crippen molar-refractivity contribution in [2.24, 2.45) is 0 Å². The van der Waals surface area contributed by atoms with Crippen LogP contribution in [-0.2, 0) is 11.3 Å².